The van der Waals surface area contributed by atoms with Gasteiger partial charge < -0.3 is 10.2 Å². The minimum atomic E-state index is 0. The molecule has 2 saturated heterocycles. The number of carbonyl (C=O) groups excluding carboxylic acids is 1. The van der Waals surface area contributed by atoms with Crippen LogP contribution in [0.3, 0.4) is 0 Å². The van der Waals surface area contributed by atoms with Crippen LogP contribution in [0.2, 0.25) is 0 Å². The molecule has 1 aliphatic carbocycles. The Labute approximate surface area is 160 Å². The topological polar surface area (TPSA) is 35.6 Å². The van der Waals surface area contributed by atoms with Crippen LogP contribution in [0.4, 0.5) is 0 Å². The summed E-state index contributed by atoms with van der Waals surface area (Å²) in [7, 11) is 0. The van der Waals surface area contributed by atoms with E-state index in [1.807, 2.05) is 0 Å². The summed E-state index contributed by atoms with van der Waals surface area (Å²) in [6.45, 7) is 6.11. The summed E-state index contributed by atoms with van der Waals surface area (Å²) < 4.78 is 0. The van der Waals surface area contributed by atoms with E-state index in [0.29, 0.717) is 6.04 Å². The quantitative estimate of drug-likeness (QED) is 0.881. The summed E-state index contributed by atoms with van der Waals surface area (Å²) >= 11 is 0. The smallest absolute Gasteiger partial charge is 0.254 e. The van der Waals surface area contributed by atoms with Gasteiger partial charge in [0.2, 0.25) is 0 Å². The number of benzene rings is 2. The Morgan fingerprint density at radius 1 is 1.00 bits per heavy atom. The summed E-state index contributed by atoms with van der Waals surface area (Å²) in [6, 6.07) is 11.2. The van der Waals surface area contributed by atoms with Crippen LogP contribution >= 0.6 is 12.4 Å². The molecular weight excluding hydrogens is 346 g/mol. The molecule has 2 aliphatic heterocycles. The van der Waals surface area contributed by atoms with E-state index in [1.54, 1.807) is 0 Å². The molecule has 3 aliphatic rings. The minimum absolute atomic E-state index is 0. The number of aryl methyl sites for hydroxylation is 2. The number of rotatable bonds is 2. The van der Waals surface area contributed by atoms with Crippen molar-refractivity contribution in [2.45, 2.75) is 25.3 Å². The second-order valence-corrected chi connectivity index (χ2v) is 7.59. The predicted molar refractivity (Wildman–Crippen MR) is 107 cm³/mol. The lowest BCUT2D eigenvalue weighted by Gasteiger charge is -2.32. The van der Waals surface area contributed by atoms with Crippen molar-refractivity contribution in [1.82, 2.24) is 15.1 Å². The Balaban J connectivity index is 0.00000168. The molecule has 0 saturated carbocycles. The molecule has 0 spiro atoms. The Bertz CT molecular complexity index is 821. The third-order valence-corrected chi connectivity index (χ3v) is 6.23. The molecule has 1 amide bonds. The monoisotopic (exact) mass is 371 g/mol. The average molecular weight is 372 g/mol. The van der Waals surface area contributed by atoms with Gasteiger partial charge >= 0.3 is 0 Å². The number of amides is 1. The Morgan fingerprint density at radius 3 is 2.58 bits per heavy atom. The van der Waals surface area contributed by atoms with Crippen molar-refractivity contribution >= 4 is 29.1 Å². The van der Waals surface area contributed by atoms with Gasteiger partial charge in [0.05, 0.1) is 0 Å². The van der Waals surface area contributed by atoms with Crippen LogP contribution in [0.5, 0.6) is 0 Å². The van der Waals surface area contributed by atoms with Crippen molar-refractivity contribution in [2.24, 2.45) is 0 Å². The summed E-state index contributed by atoms with van der Waals surface area (Å²) in [4.78, 5) is 17.9. The second-order valence-electron chi connectivity index (χ2n) is 7.59. The molecule has 2 fully saturated rings. The van der Waals surface area contributed by atoms with Crippen molar-refractivity contribution in [1.29, 1.82) is 0 Å². The van der Waals surface area contributed by atoms with Crippen molar-refractivity contribution in [3.63, 3.8) is 0 Å². The lowest BCUT2D eigenvalue weighted by molar-refractivity contribution is 0.0775. The number of piperazine rings is 1. The van der Waals surface area contributed by atoms with Crippen molar-refractivity contribution in [2.75, 3.05) is 39.3 Å². The van der Waals surface area contributed by atoms with Crippen LogP contribution < -0.4 is 5.32 Å². The first-order valence-electron chi connectivity index (χ1n) is 9.59. The van der Waals surface area contributed by atoms with E-state index < -0.39 is 0 Å². The van der Waals surface area contributed by atoms with Gasteiger partial charge in [0.15, 0.2) is 0 Å². The molecule has 26 heavy (non-hydrogen) atoms. The summed E-state index contributed by atoms with van der Waals surface area (Å²) in [6.07, 6.45) is 3.32. The highest BCUT2D eigenvalue weighted by atomic mass is 35.5. The fourth-order valence-corrected chi connectivity index (χ4v) is 4.88. The Morgan fingerprint density at radius 2 is 1.77 bits per heavy atom. The predicted octanol–water partition coefficient (Wildman–Crippen LogP) is 2.48. The Hall–Kier alpha value is -1.62. The number of nitrogens with zero attached hydrogens (tertiary/aromatic N) is 2. The third-order valence-electron chi connectivity index (χ3n) is 6.23. The van der Waals surface area contributed by atoms with Crippen molar-refractivity contribution in [3.05, 3.63) is 47.0 Å². The van der Waals surface area contributed by atoms with Crippen LogP contribution in [-0.2, 0) is 12.8 Å². The van der Waals surface area contributed by atoms with E-state index in [-0.39, 0.29) is 18.3 Å². The van der Waals surface area contributed by atoms with Gasteiger partial charge in [-0.05, 0) is 47.2 Å². The van der Waals surface area contributed by atoms with Crippen molar-refractivity contribution < 1.29 is 4.79 Å². The van der Waals surface area contributed by atoms with Crippen LogP contribution in [-0.4, -0.2) is 61.0 Å². The van der Waals surface area contributed by atoms with E-state index in [4.69, 9.17) is 0 Å². The van der Waals surface area contributed by atoms with Gasteiger partial charge in [-0.3, -0.25) is 9.69 Å². The molecule has 1 N–H and O–H groups in total. The molecule has 0 bridgehead atoms. The van der Waals surface area contributed by atoms with E-state index in [9.17, 15) is 4.79 Å². The van der Waals surface area contributed by atoms with Crippen molar-refractivity contribution in [3.8, 4) is 0 Å². The normalized spacial score (nSPS) is 22.6. The Kier molecular flexibility index (Phi) is 4.91. The number of hydrogen-bond acceptors (Lipinski definition) is 3. The fraction of sp³-hybridized carbons (Fsp3) is 0.476. The zero-order valence-corrected chi connectivity index (χ0v) is 15.9. The van der Waals surface area contributed by atoms with Gasteiger partial charge in [-0.25, -0.2) is 0 Å². The zero-order valence-electron chi connectivity index (χ0n) is 15.0. The highest BCUT2D eigenvalue weighted by Crippen LogP contribution is 2.33. The first-order chi connectivity index (χ1) is 12.3. The molecule has 2 aromatic rings. The molecule has 1 unspecified atom stereocenters. The van der Waals surface area contributed by atoms with E-state index in [1.165, 1.54) is 16.5 Å². The molecule has 1 atom stereocenters. The number of nitrogens with one attached hydrogen (secondary N) is 1. The minimum Gasteiger partial charge on any atom is -0.337 e. The van der Waals surface area contributed by atoms with E-state index in [2.05, 4.69) is 45.4 Å². The van der Waals surface area contributed by atoms with Gasteiger partial charge in [0, 0.05) is 50.9 Å². The average Bonchev–Trinajstić information content (AvgIpc) is 3.31. The second kappa shape index (κ2) is 7.18. The number of hydrogen-bond donors (Lipinski definition) is 1. The third kappa shape index (κ3) is 2.90. The molecule has 0 aromatic heterocycles. The largest absolute Gasteiger partial charge is 0.337 e. The maximum atomic E-state index is 13.2. The first-order valence-corrected chi connectivity index (χ1v) is 9.59. The number of halogens is 1. The lowest BCUT2D eigenvalue weighted by atomic mass is 9.99. The molecule has 4 nitrogen and oxygen atoms in total. The highest BCUT2D eigenvalue weighted by Gasteiger charge is 2.32. The number of likely N-dealkylation sites (tertiary alicyclic amines) is 1. The molecule has 138 valence electrons. The first kappa shape index (κ1) is 17.8. The molecule has 5 rings (SSSR count). The van der Waals surface area contributed by atoms with Crippen LogP contribution in [0.15, 0.2) is 30.3 Å². The maximum Gasteiger partial charge on any atom is 0.254 e. The standard InChI is InChI=1S/C21H25N3O.ClH/c25-21(24-11-8-17(14-24)23-12-9-22-10-13-23)19-7-6-16-5-4-15-2-1-3-18(19)20(15)16;/h1-3,6-7,17,22H,4-5,8-14H2;1H. The molecule has 5 heteroatoms. The van der Waals surface area contributed by atoms with Crippen LogP contribution in [0, 0.1) is 0 Å². The fourth-order valence-electron chi connectivity index (χ4n) is 4.88. The van der Waals surface area contributed by atoms with Gasteiger partial charge in [-0.2, -0.15) is 0 Å². The van der Waals surface area contributed by atoms with Gasteiger partial charge in [-0.1, -0.05) is 24.3 Å². The SMILES string of the molecule is Cl.O=C(c1ccc2c3c(cccc13)CC2)N1CCC(N2CCNCC2)C1. The van der Waals surface area contributed by atoms with Crippen LogP contribution in [0.25, 0.3) is 10.8 Å². The summed E-state index contributed by atoms with van der Waals surface area (Å²) in [5, 5.41) is 5.91. The zero-order chi connectivity index (χ0) is 16.8. The van der Waals surface area contributed by atoms with Gasteiger partial charge in [0.1, 0.15) is 0 Å². The van der Waals surface area contributed by atoms with Crippen LogP contribution in [0.1, 0.15) is 27.9 Å². The number of carbonyl (C=O) groups is 1. The van der Waals surface area contributed by atoms with E-state index in [0.717, 1.165) is 69.5 Å². The molecule has 0 radical (unpaired) electrons. The molecule has 2 aromatic carbocycles. The van der Waals surface area contributed by atoms with Gasteiger partial charge in [0.25, 0.3) is 5.91 Å². The lowest BCUT2D eigenvalue weighted by Crippen LogP contribution is -2.49. The summed E-state index contributed by atoms with van der Waals surface area (Å²) in [5.74, 6) is 0.216. The van der Waals surface area contributed by atoms with E-state index >= 15 is 0 Å². The van der Waals surface area contributed by atoms with Gasteiger partial charge in [-0.15, -0.1) is 12.4 Å². The maximum absolute atomic E-state index is 13.2. The molecule has 2 heterocycles. The highest BCUT2D eigenvalue weighted by molar-refractivity contribution is 6.09. The molecular formula is C21H26ClN3O. The summed E-state index contributed by atoms with van der Waals surface area (Å²) in [5.41, 5.74) is 3.70.